The molecule has 2 heterocycles. The van der Waals surface area contributed by atoms with Crippen LogP contribution in [-0.2, 0) is 34.1 Å². The van der Waals surface area contributed by atoms with Gasteiger partial charge < -0.3 is 10.1 Å². The first-order valence-corrected chi connectivity index (χ1v) is 15.0. The molecule has 1 aromatic heterocycles. The van der Waals surface area contributed by atoms with E-state index in [1.807, 2.05) is 12.1 Å². The van der Waals surface area contributed by atoms with Gasteiger partial charge in [0.05, 0.1) is 17.6 Å². The first-order valence-electron chi connectivity index (χ1n) is 12.8. The van der Waals surface area contributed by atoms with E-state index >= 15 is 0 Å². The molecule has 2 aromatic carbocycles. The van der Waals surface area contributed by atoms with E-state index in [0.29, 0.717) is 53.7 Å². The van der Waals surface area contributed by atoms with Gasteiger partial charge in [-0.2, -0.15) is 4.31 Å². The van der Waals surface area contributed by atoms with Crippen molar-refractivity contribution in [2.45, 2.75) is 37.1 Å². The molecule has 0 unspecified atom stereocenters. The van der Waals surface area contributed by atoms with Crippen LogP contribution in [0.4, 0.5) is 5.00 Å². The van der Waals surface area contributed by atoms with Gasteiger partial charge in [0.1, 0.15) is 5.00 Å². The van der Waals surface area contributed by atoms with E-state index in [-0.39, 0.29) is 5.91 Å². The zero-order valence-electron chi connectivity index (χ0n) is 21.3. The minimum absolute atomic E-state index is 0.264. The zero-order valence-corrected chi connectivity index (χ0v) is 22.9. The largest absolute Gasteiger partial charge is 0.465 e. The highest BCUT2D eigenvalue weighted by Gasteiger charge is 2.29. The number of hydrogen-bond donors (Lipinski definition) is 1. The third kappa shape index (κ3) is 5.54. The fourth-order valence-electron chi connectivity index (χ4n) is 5.04. The van der Waals surface area contributed by atoms with Crippen molar-refractivity contribution < 1.29 is 22.7 Å². The number of thiophene rings is 1. The van der Waals surface area contributed by atoms with Gasteiger partial charge in [-0.25, -0.2) is 13.2 Å². The number of fused-ring (bicyclic) bond motifs is 1. The number of nitrogens with zero attached hydrogens (tertiary/aromatic N) is 2. The molecule has 0 radical (unpaired) electrons. The summed E-state index contributed by atoms with van der Waals surface area (Å²) in [4.78, 5) is 29.2. The highest BCUT2D eigenvalue weighted by atomic mass is 32.2. The molecule has 1 saturated heterocycles. The summed E-state index contributed by atoms with van der Waals surface area (Å²) in [6, 6.07) is 15.9. The maximum atomic E-state index is 13.0. The van der Waals surface area contributed by atoms with E-state index in [1.54, 1.807) is 42.5 Å². The molecule has 0 spiro atoms. The van der Waals surface area contributed by atoms with Crippen LogP contribution >= 0.6 is 11.3 Å². The maximum absolute atomic E-state index is 13.0. The van der Waals surface area contributed by atoms with Gasteiger partial charge >= 0.3 is 5.97 Å². The Balaban J connectivity index is 1.19. The lowest BCUT2D eigenvalue weighted by Gasteiger charge is -2.34. The van der Waals surface area contributed by atoms with Crippen molar-refractivity contribution in [3.05, 3.63) is 81.7 Å². The number of methoxy groups -OCH3 is 1. The summed E-state index contributed by atoms with van der Waals surface area (Å²) in [5.74, 6) is -0.674. The van der Waals surface area contributed by atoms with Crippen LogP contribution in [0, 0.1) is 0 Å². The zero-order chi connectivity index (χ0) is 26.7. The summed E-state index contributed by atoms with van der Waals surface area (Å²) in [5.41, 5.74) is 3.05. The topological polar surface area (TPSA) is 96.0 Å². The molecule has 0 atom stereocenters. The van der Waals surface area contributed by atoms with Crippen molar-refractivity contribution in [3.63, 3.8) is 0 Å². The average molecular weight is 554 g/mol. The number of anilines is 1. The Kier molecular flexibility index (Phi) is 7.94. The van der Waals surface area contributed by atoms with Gasteiger partial charge in [0.15, 0.2) is 0 Å². The van der Waals surface area contributed by atoms with Gasteiger partial charge in [-0.3, -0.25) is 9.69 Å². The second kappa shape index (κ2) is 11.4. The molecule has 5 rings (SSSR count). The summed E-state index contributed by atoms with van der Waals surface area (Å²) in [6.45, 7) is 2.81. The van der Waals surface area contributed by atoms with Crippen LogP contribution in [0.1, 0.15) is 49.6 Å². The molecular formula is C28H31N3O5S2. The monoisotopic (exact) mass is 553 g/mol. The number of carbonyl (C=O) groups excluding carboxylic acids is 2. The van der Waals surface area contributed by atoms with E-state index in [4.69, 9.17) is 4.74 Å². The van der Waals surface area contributed by atoms with Crippen molar-refractivity contribution in [3.8, 4) is 0 Å². The van der Waals surface area contributed by atoms with Crippen LogP contribution in [-0.4, -0.2) is 62.8 Å². The minimum Gasteiger partial charge on any atom is -0.465 e. The van der Waals surface area contributed by atoms with Crippen molar-refractivity contribution >= 4 is 38.2 Å². The molecule has 38 heavy (non-hydrogen) atoms. The number of sulfonamides is 1. The van der Waals surface area contributed by atoms with E-state index in [9.17, 15) is 18.0 Å². The van der Waals surface area contributed by atoms with Gasteiger partial charge in [0.25, 0.3) is 5.91 Å². The molecule has 1 aliphatic heterocycles. The fourth-order valence-corrected chi connectivity index (χ4v) is 7.75. The van der Waals surface area contributed by atoms with Gasteiger partial charge in [-0.1, -0.05) is 30.3 Å². The van der Waals surface area contributed by atoms with Crippen molar-refractivity contribution in [2.24, 2.45) is 0 Å². The van der Waals surface area contributed by atoms with Crippen LogP contribution in [0.15, 0.2) is 59.5 Å². The summed E-state index contributed by atoms with van der Waals surface area (Å²) >= 11 is 1.47. The third-order valence-electron chi connectivity index (χ3n) is 7.12. The Hall–Kier alpha value is -3.05. The number of ether oxygens (including phenoxy) is 1. The molecule has 0 saturated carbocycles. The van der Waals surface area contributed by atoms with Crippen LogP contribution in [0.5, 0.6) is 0 Å². The Morgan fingerprint density at radius 1 is 0.947 bits per heavy atom. The van der Waals surface area contributed by atoms with E-state index in [0.717, 1.165) is 41.7 Å². The van der Waals surface area contributed by atoms with Gasteiger partial charge in [-0.05, 0) is 61.1 Å². The van der Waals surface area contributed by atoms with E-state index in [2.05, 4.69) is 10.2 Å². The molecule has 1 N–H and O–H groups in total. The summed E-state index contributed by atoms with van der Waals surface area (Å²) in [6.07, 6.45) is 3.86. The number of hydrogen-bond acceptors (Lipinski definition) is 7. The van der Waals surface area contributed by atoms with Crippen LogP contribution in [0.2, 0.25) is 0 Å². The van der Waals surface area contributed by atoms with Gasteiger partial charge in [0, 0.05) is 43.2 Å². The molecule has 0 bridgehead atoms. The van der Waals surface area contributed by atoms with E-state index in [1.165, 1.54) is 22.8 Å². The normalized spacial score (nSPS) is 16.6. The van der Waals surface area contributed by atoms with Crippen LogP contribution in [0.25, 0.3) is 0 Å². The molecule has 200 valence electrons. The Bertz CT molecular complexity index is 1410. The predicted octanol–water partition coefficient (Wildman–Crippen LogP) is 4.17. The average Bonchev–Trinajstić information content (AvgIpc) is 3.31. The number of rotatable bonds is 7. The predicted molar refractivity (Wildman–Crippen MR) is 147 cm³/mol. The van der Waals surface area contributed by atoms with Crippen molar-refractivity contribution in [2.75, 3.05) is 38.6 Å². The standard InChI is InChI=1S/C28H31N3O5S2/c1-36-28(33)25-23-9-5-6-10-24(23)37-27(25)29-26(32)21-13-11-20(12-14-21)19-30-15-17-31(18-16-30)38(34,35)22-7-3-2-4-8-22/h2-4,7-8,11-14H,5-6,9-10,15-19H2,1H3,(H,29,32). The number of amides is 1. The molecule has 1 fully saturated rings. The number of aryl methyl sites for hydroxylation is 1. The second-order valence-electron chi connectivity index (χ2n) is 9.55. The summed E-state index contributed by atoms with van der Waals surface area (Å²) in [7, 11) is -2.11. The van der Waals surface area contributed by atoms with Crippen molar-refractivity contribution in [1.29, 1.82) is 0 Å². The first kappa shape index (κ1) is 26.6. The fraction of sp³-hybridized carbons (Fsp3) is 0.357. The second-order valence-corrected chi connectivity index (χ2v) is 12.6. The number of piperazine rings is 1. The van der Waals surface area contributed by atoms with Crippen LogP contribution in [0.3, 0.4) is 0 Å². The van der Waals surface area contributed by atoms with Crippen LogP contribution < -0.4 is 5.32 Å². The molecule has 8 nitrogen and oxygen atoms in total. The highest BCUT2D eigenvalue weighted by Crippen LogP contribution is 2.38. The SMILES string of the molecule is COC(=O)c1c(NC(=O)c2ccc(CN3CCN(S(=O)(=O)c4ccccc4)CC3)cc2)sc2c1CCCC2. The Morgan fingerprint density at radius 2 is 1.63 bits per heavy atom. The number of nitrogens with one attached hydrogen (secondary N) is 1. The lowest BCUT2D eigenvalue weighted by atomic mass is 9.95. The Labute approximate surface area is 227 Å². The lowest BCUT2D eigenvalue weighted by Crippen LogP contribution is -2.48. The lowest BCUT2D eigenvalue weighted by molar-refractivity contribution is 0.0601. The molecule has 1 amide bonds. The van der Waals surface area contributed by atoms with Gasteiger partial charge in [0.2, 0.25) is 10.0 Å². The molecular weight excluding hydrogens is 522 g/mol. The number of carbonyl (C=O) groups is 2. The summed E-state index contributed by atoms with van der Waals surface area (Å²) < 4.78 is 32.3. The molecule has 1 aliphatic carbocycles. The molecule has 3 aromatic rings. The molecule has 2 aliphatic rings. The first-order chi connectivity index (χ1) is 18.4. The minimum atomic E-state index is -3.48. The van der Waals surface area contributed by atoms with Crippen molar-refractivity contribution in [1.82, 2.24) is 9.21 Å². The number of esters is 1. The van der Waals surface area contributed by atoms with E-state index < -0.39 is 16.0 Å². The quantitative estimate of drug-likeness (QED) is 0.441. The summed E-state index contributed by atoms with van der Waals surface area (Å²) in [5, 5.41) is 3.50. The Morgan fingerprint density at radius 3 is 2.32 bits per heavy atom. The van der Waals surface area contributed by atoms with Gasteiger partial charge in [-0.15, -0.1) is 11.3 Å². The smallest absolute Gasteiger partial charge is 0.341 e. The molecule has 10 heteroatoms. The number of benzene rings is 2. The third-order valence-corrected chi connectivity index (χ3v) is 10.2. The highest BCUT2D eigenvalue weighted by molar-refractivity contribution is 7.89. The maximum Gasteiger partial charge on any atom is 0.341 e.